The molecule has 3 N–H and O–H groups in total. The standard InChI is InChI=1S/C11H22N2O3/c1-6-7(2)12-9(14)8(3)13-11(4,5)10(15)16/h7-8,13H,6H2,1-5H3,(H,12,14)(H,15,16). The molecule has 0 rings (SSSR count). The van der Waals surface area contributed by atoms with Gasteiger partial charge in [0.15, 0.2) is 0 Å². The lowest BCUT2D eigenvalue weighted by molar-refractivity contribution is -0.144. The number of carboxylic acid groups (broad SMARTS) is 1. The summed E-state index contributed by atoms with van der Waals surface area (Å²) in [6, 6.07) is -0.426. The summed E-state index contributed by atoms with van der Waals surface area (Å²) in [6.45, 7) is 8.60. The zero-order valence-electron chi connectivity index (χ0n) is 10.6. The van der Waals surface area contributed by atoms with Crippen LogP contribution in [0.2, 0.25) is 0 Å². The Morgan fingerprint density at radius 1 is 1.31 bits per heavy atom. The highest BCUT2D eigenvalue weighted by molar-refractivity contribution is 5.84. The third-order valence-electron chi connectivity index (χ3n) is 2.51. The second-order valence-corrected chi connectivity index (χ2v) is 4.61. The predicted molar refractivity (Wildman–Crippen MR) is 62.2 cm³/mol. The van der Waals surface area contributed by atoms with Crippen molar-refractivity contribution in [2.24, 2.45) is 0 Å². The van der Waals surface area contributed by atoms with Gasteiger partial charge in [0.2, 0.25) is 5.91 Å². The van der Waals surface area contributed by atoms with Crippen LogP contribution in [0.15, 0.2) is 0 Å². The van der Waals surface area contributed by atoms with Crippen molar-refractivity contribution >= 4 is 11.9 Å². The van der Waals surface area contributed by atoms with E-state index in [4.69, 9.17) is 5.11 Å². The second-order valence-electron chi connectivity index (χ2n) is 4.61. The average Bonchev–Trinajstić information content (AvgIpc) is 2.16. The van der Waals surface area contributed by atoms with Crippen molar-refractivity contribution in [3.63, 3.8) is 0 Å². The highest BCUT2D eigenvalue weighted by Crippen LogP contribution is 2.04. The zero-order chi connectivity index (χ0) is 12.9. The van der Waals surface area contributed by atoms with Gasteiger partial charge in [-0.05, 0) is 34.1 Å². The Morgan fingerprint density at radius 3 is 2.19 bits per heavy atom. The Morgan fingerprint density at radius 2 is 1.81 bits per heavy atom. The first kappa shape index (κ1) is 14.9. The van der Waals surface area contributed by atoms with Crippen LogP contribution in [0.1, 0.15) is 41.0 Å². The molecular weight excluding hydrogens is 208 g/mol. The maximum Gasteiger partial charge on any atom is 0.323 e. The second kappa shape index (κ2) is 5.84. The maximum atomic E-state index is 11.6. The molecule has 0 aromatic rings. The van der Waals surface area contributed by atoms with Crippen molar-refractivity contribution < 1.29 is 14.7 Å². The first-order chi connectivity index (χ1) is 7.20. The molecule has 2 unspecified atom stereocenters. The molecule has 0 bridgehead atoms. The van der Waals surface area contributed by atoms with Gasteiger partial charge in [0, 0.05) is 6.04 Å². The van der Waals surface area contributed by atoms with E-state index in [9.17, 15) is 9.59 Å². The van der Waals surface area contributed by atoms with Gasteiger partial charge in [-0.15, -0.1) is 0 Å². The zero-order valence-corrected chi connectivity index (χ0v) is 10.6. The van der Waals surface area contributed by atoms with E-state index in [0.29, 0.717) is 0 Å². The Balaban J connectivity index is 4.31. The van der Waals surface area contributed by atoms with E-state index in [1.807, 2.05) is 13.8 Å². The fourth-order valence-corrected chi connectivity index (χ4v) is 1.14. The molecule has 0 spiro atoms. The van der Waals surface area contributed by atoms with Crippen molar-refractivity contribution in [2.45, 2.75) is 58.7 Å². The Bertz CT molecular complexity index is 264. The van der Waals surface area contributed by atoms with Crippen LogP contribution < -0.4 is 10.6 Å². The van der Waals surface area contributed by atoms with E-state index in [2.05, 4.69) is 10.6 Å². The molecule has 0 radical (unpaired) electrons. The summed E-state index contributed by atoms with van der Waals surface area (Å²) < 4.78 is 0. The third-order valence-corrected chi connectivity index (χ3v) is 2.51. The third kappa shape index (κ3) is 4.61. The van der Waals surface area contributed by atoms with Gasteiger partial charge in [-0.2, -0.15) is 0 Å². The van der Waals surface area contributed by atoms with Crippen LogP contribution in [0.3, 0.4) is 0 Å². The molecule has 0 saturated carbocycles. The Labute approximate surface area is 96.6 Å². The van der Waals surface area contributed by atoms with Crippen LogP contribution in [0, 0.1) is 0 Å². The van der Waals surface area contributed by atoms with E-state index < -0.39 is 17.6 Å². The quantitative estimate of drug-likeness (QED) is 0.629. The van der Waals surface area contributed by atoms with Gasteiger partial charge in [-0.1, -0.05) is 6.92 Å². The molecule has 0 aromatic heterocycles. The minimum absolute atomic E-state index is 0.102. The van der Waals surface area contributed by atoms with Crippen molar-refractivity contribution in [3.05, 3.63) is 0 Å². The van der Waals surface area contributed by atoms with Crippen molar-refractivity contribution in [2.75, 3.05) is 0 Å². The molecule has 16 heavy (non-hydrogen) atoms. The van der Waals surface area contributed by atoms with Gasteiger partial charge in [0.05, 0.1) is 6.04 Å². The van der Waals surface area contributed by atoms with Gasteiger partial charge < -0.3 is 10.4 Å². The lowest BCUT2D eigenvalue weighted by Crippen LogP contribution is -2.56. The maximum absolute atomic E-state index is 11.6. The Hall–Kier alpha value is -1.10. The van der Waals surface area contributed by atoms with Gasteiger partial charge in [-0.25, -0.2) is 0 Å². The number of carbonyl (C=O) groups is 2. The van der Waals surface area contributed by atoms with Crippen LogP contribution in [-0.2, 0) is 9.59 Å². The number of amides is 1. The van der Waals surface area contributed by atoms with Crippen LogP contribution in [-0.4, -0.2) is 34.6 Å². The summed E-state index contributed by atoms with van der Waals surface area (Å²) in [4.78, 5) is 22.5. The first-order valence-corrected chi connectivity index (χ1v) is 5.52. The molecule has 0 aromatic carbocycles. The molecule has 0 aliphatic rings. The number of nitrogens with one attached hydrogen (secondary N) is 2. The summed E-state index contributed by atoms with van der Waals surface area (Å²) in [5.74, 6) is -1.15. The van der Waals surface area contributed by atoms with E-state index in [1.54, 1.807) is 6.92 Å². The number of hydrogen-bond donors (Lipinski definition) is 3. The molecule has 0 saturated heterocycles. The van der Waals surface area contributed by atoms with Gasteiger partial charge in [0.1, 0.15) is 5.54 Å². The topological polar surface area (TPSA) is 78.4 Å². The lowest BCUT2D eigenvalue weighted by atomic mass is 10.0. The highest BCUT2D eigenvalue weighted by atomic mass is 16.4. The molecule has 5 heteroatoms. The van der Waals surface area contributed by atoms with Gasteiger partial charge in [0.25, 0.3) is 0 Å². The number of hydrogen-bond acceptors (Lipinski definition) is 3. The lowest BCUT2D eigenvalue weighted by Gasteiger charge is -2.26. The summed E-state index contributed by atoms with van der Waals surface area (Å²) in [6.07, 6.45) is 0.848. The Kier molecular flexibility index (Phi) is 5.44. The fraction of sp³-hybridized carbons (Fsp3) is 0.818. The van der Waals surface area contributed by atoms with Crippen molar-refractivity contribution in [1.82, 2.24) is 10.6 Å². The van der Waals surface area contributed by atoms with E-state index >= 15 is 0 Å². The number of carbonyl (C=O) groups excluding carboxylic acids is 1. The highest BCUT2D eigenvalue weighted by Gasteiger charge is 2.30. The molecular formula is C11H22N2O3. The largest absolute Gasteiger partial charge is 0.480 e. The molecule has 5 nitrogen and oxygen atoms in total. The molecule has 94 valence electrons. The predicted octanol–water partition coefficient (Wildman–Crippen LogP) is 0.742. The molecule has 1 amide bonds. The molecule has 0 fully saturated rings. The summed E-state index contributed by atoms with van der Waals surface area (Å²) >= 11 is 0. The number of rotatable bonds is 6. The van der Waals surface area contributed by atoms with Crippen molar-refractivity contribution in [3.8, 4) is 0 Å². The smallest absolute Gasteiger partial charge is 0.323 e. The normalized spacial score (nSPS) is 15.3. The minimum Gasteiger partial charge on any atom is -0.480 e. The fourth-order valence-electron chi connectivity index (χ4n) is 1.14. The van der Waals surface area contributed by atoms with Crippen LogP contribution in [0.4, 0.5) is 0 Å². The number of carboxylic acids is 1. The van der Waals surface area contributed by atoms with Gasteiger partial charge in [-0.3, -0.25) is 14.9 Å². The average molecular weight is 230 g/mol. The van der Waals surface area contributed by atoms with E-state index in [0.717, 1.165) is 6.42 Å². The van der Waals surface area contributed by atoms with Crippen molar-refractivity contribution in [1.29, 1.82) is 0 Å². The minimum atomic E-state index is -1.10. The molecule has 0 aliphatic heterocycles. The number of aliphatic carboxylic acids is 1. The summed E-state index contributed by atoms with van der Waals surface area (Å²) in [5, 5.41) is 14.5. The molecule has 2 atom stereocenters. The van der Waals surface area contributed by atoms with Crippen LogP contribution in [0.5, 0.6) is 0 Å². The van der Waals surface area contributed by atoms with Crippen LogP contribution in [0.25, 0.3) is 0 Å². The molecule has 0 aliphatic carbocycles. The molecule has 0 heterocycles. The van der Waals surface area contributed by atoms with E-state index in [1.165, 1.54) is 13.8 Å². The van der Waals surface area contributed by atoms with Crippen LogP contribution >= 0.6 is 0 Å². The van der Waals surface area contributed by atoms with E-state index in [-0.39, 0.29) is 11.9 Å². The first-order valence-electron chi connectivity index (χ1n) is 5.52. The SMILES string of the molecule is CCC(C)NC(=O)C(C)NC(C)(C)C(=O)O. The van der Waals surface area contributed by atoms with Gasteiger partial charge >= 0.3 is 5.97 Å². The summed E-state index contributed by atoms with van der Waals surface area (Å²) in [7, 11) is 0. The monoisotopic (exact) mass is 230 g/mol. The summed E-state index contributed by atoms with van der Waals surface area (Å²) in [5.41, 5.74) is -1.10.